The van der Waals surface area contributed by atoms with Gasteiger partial charge in [-0.25, -0.2) is 0 Å². The van der Waals surface area contributed by atoms with Crippen molar-refractivity contribution >= 4 is 5.97 Å². The number of hydrogen-bond acceptors (Lipinski definition) is 6. The SMILES string of the molecule is C=C[C@]1(CO)C[C@@H](O)C2[C@]3(C)CCC[C@](C)(C(=O)OC)C3[C@@H](O)C[C@]2(C)O1. The number of carbonyl (C=O) groups excluding carboxylic acids is 1. The molecule has 6 nitrogen and oxygen atoms in total. The van der Waals surface area contributed by atoms with Gasteiger partial charge in [0.05, 0.1) is 36.9 Å². The molecular formula is C21H34O6. The maximum Gasteiger partial charge on any atom is 0.311 e. The van der Waals surface area contributed by atoms with E-state index in [1.54, 1.807) is 6.08 Å². The second kappa shape index (κ2) is 6.55. The fourth-order valence-corrected chi connectivity index (χ4v) is 7.12. The molecule has 0 radical (unpaired) electrons. The Morgan fingerprint density at radius 2 is 1.81 bits per heavy atom. The van der Waals surface area contributed by atoms with Crippen molar-refractivity contribution in [2.24, 2.45) is 22.7 Å². The van der Waals surface area contributed by atoms with Crippen molar-refractivity contribution in [1.29, 1.82) is 0 Å². The highest BCUT2D eigenvalue weighted by molar-refractivity contribution is 5.77. The number of rotatable bonds is 3. The van der Waals surface area contributed by atoms with Crippen LogP contribution in [-0.4, -0.2) is 58.4 Å². The van der Waals surface area contributed by atoms with Crippen LogP contribution < -0.4 is 0 Å². The van der Waals surface area contributed by atoms with Crippen LogP contribution in [-0.2, 0) is 14.3 Å². The van der Waals surface area contributed by atoms with E-state index in [-0.39, 0.29) is 37.3 Å². The van der Waals surface area contributed by atoms with Gasteiger partial charge in [0.15, 0.2) is 0 Å². The van der Waals surface area contributed by atoms with Crippen LogP contribution in [0.5, 0.6) is 0 Å². The molecule has 3 fully saturated rings. The molecule has 2 unspecified atom stereocenters. The highest BCUT2D eigenvalue weighted by Crippen LogP contribution is 2.65. The van der Waals surface area contributed by atoms with Crippen molar-refractivity contribution in [3.63, 3.8) is 0 Å². The Morgan fingerprint density at radius 3 is 2.37 bits per heavy atom. The second-order valence-corrected chi connectivity index (χ2v) is 9.61. The van der Waals surface area contributed by atoms with Gasteiger partial charge in [0.2, 0.25) is 0 Å². The first-order valence-corrected chi connectivity index (χ1v) is 9.91. The van der Waals surface area contributed by atoms with E-state index in [1.807, 2.05) is 13.8 Å². The first-order chi connectivity index (χ1) is 12.5. The topological polar surface area (TPSA) is 96.2 Å². The summed E-state index contributed by atoms with van der Waals surface area (Å²) in [6.45, 7) is 9.36. The van der Waals surface area contributed by atoms with Gasteiger partial charge in [-0.05, 0) is 32.1 Å². The smallest absolute Gasteiger partial charge is 0.311 e. The summed E-state index contributed by atoms with van der Waals surface area (Å²) in [4.78, 5) is 12.7. The van der Waals surface area contributed by atoms with E-state index in [2.05, 4.69) is 13.5 Å². The minimum absolute atomic E-state index is 0.251. The second-order valence-electron chi connectivity index (χ2n) is 9.61. The summed E-state index contributed by atoms with van der Waals surface area (Å²) in [5.74, 6) is -0.890. The maximum atomic E-state index is 12.7. The number of aliphatic hydroxyl groups excluding tert-OH is 3. The van der Waals surface area contributed by atoms with Crippen LogP contribution in [0.4, 0.5) is 0 Å². The largest absolute Gasteiger partial charge is 0.469 e. The van der Waals surface area contributed by atoms with E-state index in [0.717, 1.165) is 12.8 Å². The Morgan fingerprint density at radius 1 is 1.19 bits per heavy atom. The minimum Gasteiger partial charge on any atom is -0.469 e. The zero-order valence-electron chi connectivity index (χ0n) is 16.9. The molecule has 0 amide bonds. The summed E-state index contributed by atoms with van der Waals surface area (Å²) in [5.41, 5.74) is -3.14. The monoisotopic (exact) mass is 382 g/mol. The van der Waals surface area contributed by atoms with Crippen LogP contribution in [0, 0.1) is 22.7 Å². The van der Waals surface area contributed by atoms with Gasteiger partial charge in [-0.15, -0.1) is 6.58 Å². The summed E-state index contributed by atoms with van der Waals surface area (Å²) in [6.07, 6.45) is 2.86. The number of fused-ring (bicyclic) bond motifs is 3. The fourth-order valence-electron chi connectivity index (χ4n) is 7.12. The van der Waals surface area contributed by atoms with E-state index in [1.165, 1.54) is 7.11 Å². The average Bonchev–Trinajstić information content (AvgIpc) is 2.58. The molecule has 6 heteroatoms. The zero-order valence-corrected chi connectivity index (χ0v) is 16.9. The third-order valence-corrected chi connectivity index (χ3v) is 7.84. The molecule has 3 N–H and O–H groups in total. The van der Waals surface area contributed by atoms with E-state index in [0.29, 0.717) is 6.42 Å². The molecule has 0 spiro atoms. The third-order valence-electron chi connectivity index (χ3n) is 7.84. The van der Waals surface area contributed by atoms with Crippen molar-refractivity contribution < 1.29 is 29.6 Å². The van der Waals surface area contributed by atoms with Crippen molar-refractivity contribution in [3.05, 3.63) is 12.7 Å². The quantitative estimate of drug-likeness (QED) is 0.509. The van der Waals surface area contributed by atoms with Gasteiger partial charge in [0, 0.05) is 24.7 Å². The number of methoxy groups -OCH3 is 1. The Kier molecular flexibility index (Phi) is 5.04. The van der Waals surface area contributed by atoms with Gasteiger partial charge in [-0.3, -0.25) is 4.79 Å². The number of esters is 1. The molecule has 0 aromatic rings. The van der Waals surface area contributed by atoms with Gasteiger partial charge >= 0.3 is 5.97 Å². The van der Waals surface area contributed by atoms with Gasteiger partial charge in [-0.2, -0.15) is 0 Å². The molecule has 2 aliphatic carbocycles. The first-order valence-electron chi connectivity index (χ1n) is 9.91. The zero-order chi connectivity index (χ0) is 20.3. The standard InChI is InChI=1S/C21H34O6/c1-6-21(12-22)11-14(24)16-18(2)8-7-9-19(3,17(25)26-5)15(18)13(23)10-20(16,4)27-21/h6,13-16,22-24H,1,7-12H2,2-5H3/t13-,14+,15?,16?,18+,19-,20-,21+/m0/s1. The number of carbonyl (C=O) groups is 1. The Balaban J connectivity index is 2.08. The van der Waals surface area contributed by atoms with Gasteiger partial charge in [0.1, 0.15) is 5.60 Å². The van der Waals surface area contributed by atoms with Crippen molar-refractivity contribution in [3.8, 4) is 0 Å². The molecule has 3 rings (SSSR count). The molecule has 2 saturated carbocycles. The summed E-state index contributed by atoms with van der Waals surface area (Å²) in [7, 11) is 1.39. The first kappa shape index (κ1) is 20.8. The van der Waals surface area contributed by atoms with E-state index in [9.17, 15) is 20.1 Å². The highest BCUT2D eigenvalue weighted by atomic mass is 16.5. The normalized spacial score (nSPS) is 52.4. The lowest BCUT2D eigenvalue weighted by molar-refractivity contribution is -0.311. The molecule has 3 aliphatic rings. The predicted octanol–water partition coefficient (Wildman–Crippen LogP) is 1.81. The fraction of sp³-hybridized carbons (Fsp3) is 0.857. The third kappa shape index (κ3) is 2.79. The molecule has 154 valence electrons. The molecule has 1 saturated heterocycles. The lowest BCUT2D eigenvalue weighted by atomic mass is 9.42. The Bertz CT molecular complexity index is 622. The lowest BCUT2D eigenvalue weighted by Gasteiger charge is -2.67. The number of hydrogen-bond donors (Lipinski definition) is 3. The van der Waals surface area contributed by atoms with Gasteiger partial charge in [0.25, 0.3) is 0 Å². The summed E-state index contributed by atoms with van der Waals surface area (Å²) in [5, 5.41) is 32.3. The van der Waals surface area contributed by atoms with E-state index < -0.39 is 34.2 Å². The molecule has 0 bridgehead atoms. The molecule has 0 aromatic heterocycles. The van der Waals surface area contributed by atoms with Crippen molar-refractivity contribution in [2.75, 3.05) is 13.7 Å². The molecule has 8 atom stereocenters. The van der Waals surface area contributed by atoms with Crippen molar-refractivity contribution in [1.82, 2.24) is 0 Å². The van der Waals surface area contributed by atoms with Crippen LogP contribution in [0.25, 0.3) is 0 Å². The molecular weight excluding hydrogens is 348 g/mol. The van der Waals surface area contributed by atoms with E-state index >= 15 is 0 Å². The lowest BCUT2D eigenvalue weighted by Crippen LogP contribution is -2.71. The van der Waals surface area contributed by atoms with Crippen LogP contribution in [0.3, 0.4) is 0 Å². The van der Waals surface area contributed by atoms with Crippen LogP contribution in [0.2, 0.25) is 0 Å². The van der Waals surface area contributed by atoms with Gasteiger partial charge < -0.3 is 24.8 Å². The maximum absolute atomic E-state index is 12.7. The summed E-state index contributed by atoms with van der Waals surface area (Å²) >= 11 is 0. The van der Waals surface area contributed by atoms with Gasteiger partial charge in [-0.1, -0.05) is 19.4 Å². The predicted molar refractivity (Wildman–Crippen MR) is 99.8 cm³/mol. The van der Waals surface area contributed by atoms with Crippen LogP contribution in [0.15, 0.2) is 12.7 Å². The summed E-state index contributed by atoms with van der Waals surface area (Å²) in [6, 6.07) is 0. The molecule has 1 heterocycles. The minimum atomic E-state index is -1.02. The number of ether oxygens (including phenoxy) is 2. The number of aliphatic hydroxyl groups is 3. The average molecular weight is 382 g/mol. The highest BCUT2D eigenvalue weighted by Gasteiger charge is 2.69. The summed E-state index contributed by atoms with van der Waals surface area (Å²) < 4.78 is 11.5. The van der Waals surface area contributed by atoms with Crippen LogP contribution in [0.1, 0.15) is 52.9 Å². The molecule has 27 heavy (non-hydrogen) atoms. The Hall–Kier alpha value is -0.950. The van der Waals surface area contributed by atoms with Crippen molar-refractivity contribution in [2.45, 2.75) is 76.3 Å². The van der Waals surface area contributed by atoms with E-state index in [4.69, 9.17) is 9.47 Å². The Labute approximate surface area is 161 Å². The van der Waals surface area contributed by atoms with Crippen LogP contribution >= 0.6 is 0 Å². The molecule has 0 aromatic carbocycles. The molecule has 1 aliphatic heterocycles.